The van der Waals surface area contributed by atoms with Gasteiger partial charge in [0.25, 0.3) is 0 Å². The lowest BCUT2D eigenvalue weighted by Crippen LogP contribution is -2.52. The summed E-state index contributed by atoms with van der Waals surface area (Å²) in [4.78, 5) is 32.8. The van der Waals surface area contributed by atoms with Crippen molar-refractivity contribution in [3.63, 3.8) is 0 Å². The van der Waals surface area contributed by atoms with Crippen molar-refractivity contribution in [3.05, 3.63) is 71.3 Å². The standard InChI is InChI=1S/C42H61N3O8/c1-7-50-31(2)28-49-29-32-11-14-34(15-12-32)40-35(16-18-39(46)44-19-8-9-20-44)26-45(41(47)53-42(3,4)5)27-38(40)52-30-33-13-17-37-36(25-33)43(22-24-51-37)21-10-23-48-6/h11-18,25,31,35,38,40H,7-10,19-24,26-30H2,1-6H3/t31-,35-,38+,40+/m1/s1. The number of nitrogens with zero attached hydrogens (tertiary/aromatic N) is 3. The largest absolute Gasteiger partial charge is 0.490 e. The Bertz CT molecular complexity index is 1490. The predicted molar refractivity (Wildman–Crippen MR) is 205 cm³/mol. The van der Waals surface area contributed by atoms with Gasteiger partial charge < -0.3 is 43.1 Å². The van der Waals surface area contributed by atoms with Crippen LogP contribution in [0.1, 0.15) is 76.5 Å². The Morgan fingerprint density at radius 1 is 0.981 bits per heavy atom. The Morgan fingerprint density at radius 3 is 2.45 bits per heavy atom. The monoisotopic (exact) mass is 735 g/mol. The fourth-order valence-corrected chi connectivity index (χ4v) is 7.33. The summed E-state index contributed by atoms with van der Waals surface area (Å²) in [6, 6.07) is 14.7. The van der Waals surface area contributed by atoms with Crippen LogP contribution in [-0.4, -0.2) is 112 Å². The van der Waals surface area contributed by atoms with Crippen LogP contribution >= 0.6 is 0 Å². The van der Waals surface area contributed by atoms with E-state index in [1.165, 1.54) is 0 Å². The van der Waals surface area contributed by atoms with Crippen LogP contribution in [0.4, 0.5) is 10.5 Å². The highest BCUT2D eigenvalue weighted by atomic mass is 16.6. The van der Waals surface area contributed by atoms with Crippen LogP contribution in [0.25, 0.3) is 0 Å². The molecule has 0 spiro atoms. The van der Waals surface area contributed by atoms with Crippen molar-refractivity contribution in [2.24, 2.45) is 5.92 Å². The summed E-state index contributed by atoms with van der Waals surface area (Å²) in [5.41, 5.74) is 3.56. The van der Waals surface area contributed by atoms with Gasteiger partial charge in [-0.15, -0.1) is 0 Å². The van der Waals surface area contributed by atoms with Gasteiger partial charge in [0.2, 0.25) is 5.91 Å². The number of hydrogen-bond acceptors (Lipinski definition) is 9. The Hall–Kier alpha value is -3.64. The van der Waals surface area contributed by atoms with E-state index >= 15 is 0 Å². The van der Waals surface area contributed by atoms with Crippen LogP contribution in [0.3, 0.4) is 0 Å². The molecule has 0 unspecified atom stereocenters. The highest BCUT2D eigenvalue weighted by Crippen LogP contribution is 2.38. The van der Waals surface area contributed by atoms with Crippen LogP contribution < -0.4 is 9.64 Å². The number of methoxy groups -OCH3 is 1. The van der Waals surface area contributed by atoms with Crippen LogP contribution in [0, 0.1) is 5.92 Å². The minimum Gasteiger partial charge on any atom is -0.490 e. The van der Waals surface area contributed by atoms with E-state index < -0.39 is 5.60 Å². The van der Waals surface area contributed by atoms with Crippen molar-refractivity contribution in [2.75, 3.05) is 77.7 Å². The van der Waals surface area contributed by atoms with Crippen molar-refractivity contribution in [2.45, 2.75) is 90.8 Å². The third-order valence-corrected chi connectivity index (χ3v) is 9.91. The molecule has 0 radical (unpaired) electrons. The Balaban J connectivity index is 1.41. The summed E-state index contributed by atoms with van der Waals surface area (Å²) in [6.07, 6.45) is 5.91. The van der Waals surface area contributed by atoms with Crippen molar-refractivity contribution >= 4 is 17.7 Å². The number of fused-ring (bicyclic) bond motifs is 1. The topological polar surface area (TPSA) is 99.2 Å². The minimum absolute atomic E-state index is 0.00761. The minimum atomic E-state index is -0.653. The Labute approximate surface area is 316 Å². The first-order valence-electron chi connectivity index (χ1n) is 19.4. The molecule has 2 aromatic rings. The molecular formula is C42H61N3O8. The highest BCUT2D eigenvalue weighted by molar-refractivity contribution is 5.87. The lowest BCUT2D eigenvalue weighted by molar-refractivity contribution is -0.125. The highest BCUT2D eigenvalue weighted by Gasteiger charge is 2.41. The predicted octanol–water partition coefficient (Wildman–Crippen LogP) is 6.58. The Morgan fingerprint density at radius 2 is 1.74 bits per heavy atom. The third kappa shape index (κ3) is 11.9. The molecule has 3 aliphatic rings. The van der Waals surface area contributed by atoms with Gasteiger partial charge in [-0.1, -0.05) is 36.4 Å². The van der Waals surface area contributed by atoms with Crippen molar-refractivity contribution in [3.8, 4) is 5.75 Å². The zero-order valence-electron chi connectivity index (χ0n) is 32.7. The number of ether oxygens (including phenoxy) is 6. The molecule has 2 amide bonds. The van der Waals surface area contributed by atoms with Crippen molar-refractivity contribution in [1.29, 1.82) is 0 Å². The van der Waals surface area contributed by atoms with E-state index in [-0.39, 0.29) is 36.0 Å². The number of hydrogen-bond donors (Lipinski definition) is 0. The van der Waals surface area contributed by atoms with Gasteiger partial charge in [0.05, 0.1) is 50.8 Å². The second-order valence-electron chi connectivity index (χ2n) is 15.3. The van der Waals surface area contributed by atoms with Crippen LogP contribution in [-0.2, 0) is 41.7 Å². The second-order valence-corrected chi connectivity index (χ2v) is 15.3. The van der Waals surface area contributed by atoms with Crippen molar-refractivity contribution < 1.29 is 38.0 Å². The molecule has 3 heterocycles. The van der Waals surface area contributed by atoms with Gasteiger partial charge in [0, 0.05) is 58.3 Å². The van der Waals surface area contributed by atoms with E-state index in [2.05, 4.69) is 35.2 Å². The summed E-state index contributed by atoms with van der Waals surface area (Å²) in [5.74, 6) is 0.549. The van der Waals surface area contributed by atoms with Gasteiger partial charge >= 0.3 is 6.09 Å². The van der Waals surface area contributed by atoms with Crippen LogP contribution in [0.2, 0.25) is 0 Å². The van der Waals surface area contributed by atoms with Crippen LogP contribution in [0.5, 0.6) is 5.75 Å². The maximum atomic E-state index is 13.6. The average molecular weight is 736 g/mol. The fourth-order valence-electron chi connectivity index (χ4n) is 7.33. The van der Waals surface area contributed by atoms with Gasteiger partial charge in [-0.2, -0.15) is 0 Å². The number of likely N-dealkylation sites (tertiary alicyclic amines) is 2. The van der Waals surface area contributed by atoms with E-state index in [0.29, 0.717) is 52.7 Å². The summed E-state index contributed by atoms with van der Waals surface area (Å²) >= 11 is 0. The molecular weight excluding hydrogens is 674 g/mol. The molecule has 0 aliphatic carbocycles. The molecule has 0 N–H and O–H groups in total. The zero-order valence-corrected chi connectivity index (χ0v) is 32.7. The third-order valence-electron chi connectivity index (χ3n) is 9.91. The van der Waals surface area contributed by atoms with E-state index in [0.717, 1.165) is 73.6 Å². The summed E-state index contributed by atoms with van der Waals surface area (Å²) in [7, 11) is 1.73. The van der Waals surface area contributed by atoms with Gasteiger partial charge in [0.15, 0.2) is 0 Å². The number of anilines is 1. The number of rotatable bonds is 16. The first-order chi connectivity index (χ1) is 25.5. The lowest BCUT2D eigenvalue weighted by Gasteiger charge is -2.43. The Kier molecular flexibility index (Phi) is 15.0. The smallest absolute Gasteiger partial charge is 0.410 e. The number of carbonyl (C=O) groups is 2. The molecule has 2 aromatic carbocycles. The molecule has 4 atom stereocenters. The molecule has 292 valence electrons. The molecule has 2 saturated heterocycles. The van der Waals surface area contributed by atoms with E-state index in [9.17, 15) is 9.59 Å². The number of amides is 2. The molecule has 53 heavy (non-hydrogen) atoms. The first kappa shape index (κ1) is 40.5. The summed E-state index contributed by atoms with van der Waals surface area (Å²) < 4.78 is 35.6. The van der Waals surface area contributed by atoms with Gasteiger partial charge in [-0.3, -0.25) is 4.79 Å². The fraction of sp³-hybridized carbons (Fsp3) is 0.619. The number of carbonyl (C=O) groups excluding carboxylic acids is 2. The van der Waals surface area contributed by atoms with E-state index in [1.807, 2.05) is 57.7 Å². The average Bonchev–Trinajstić information content (AvgIpc) is 3.68. The quantitative estimate of drug-likeness (QED) is 0.140. The molecule has 0 aromatic heterocycles. The molecule has 3 aliphatic heterocycles. The van der Waals surface area contributed by atoms with Gasteiger partial charge in [-0.05, 0) is 88.8 Å². The number of benzene rings is 2. The molecule has 0 bridgehead atoms. The lowest BCUT2D eigenvalue weighted by atomic mass is 9.78. The van der Waals surface area contributed by atoms with Gasteiger partial charge in [0.1, 0.15) is 18.0 Å². The second kappa shape index (κ2) is 19.6. The van der Waals surface area contributed by atoms with E-state index in [4.69, 9.17) is 28.4 Å². The first-order valence-corrected chi connectivity index (χ1v) is 19.4. The maximum absolute atomic E-state index is 13.6. The molecule has 5 rings (SSSR count). The summed E-state index contributed by atoms with van der Waals surface area (Å²) in [6.45, 7) is 16.9. The van der Waals surface area contributed by atoms with Gasteiger partial charge in [-0.25, -0.2) is 4.79 Å². The van der Waals surface area contributed by atoms with Crippen LogP contribution in [0.15, 0.2) is 54.6 Å². The maximum Gasteiger partial charge on any atom is 0.410 e. The molecule has 2 fully saturated rings. The van der Waals surface area contributed by atoms with E-state index in [1.54, 1.807) is 18.1 Å². The summed E-state index contributed by atoms with van der Waals surface area (Å²) in [5, 5.41) is 0. The normalized spacial score (nSPS) is 21.1. The van der Waals surface area contributed by atoms with Crippen molar-refractivity contribution in [1.82, 2.24) is 9.80 Å². The molecule has 11 nitrogen and oxygen atoms in total. The zero-order chi connectivity index (χ0) is 37.8. The number of piperidine rings is 1. The SMILES string of the molecule is CCO[C@H](C)COCc1ccc([C@H]2[C@H](C=CC(=O)N3CCCC3)CN(C(=O)OC(C)(C)C)C[C@@H]2OCc2ccc3c(c2)N(CCCOC)CCO3)cc1. The molecule has 11 heteroatoms. The molecule has 0 saturated carbocycles.